The van der Waals surface area contributed by atoms with E-state index in [2.05, 4.69) is 0 Å². The molecule has 0 aromatic rings. The van der Waals surface area contributed by atoms with Gasteiger partial charge in [-0.3, -0.25) is 9.59 Å². The van der Waals surface area contributed by atoms with Crippen LogP contribution in [0.2, 0.25) is 0 Å². The number of hydrogen-bond acceptors (Lipinski definition) is 4. The maximum atomic E-state index is 11.4. The molecule has 92 valence electrons. The van der Waals surface area contributed by atoms with Gasteiger partial charge in [0, 0.05) is 19.9 Å². The largest absolute Gasteiger partial charge is 0.337 e. The van der Waals surface area contributed by atoms with Crippen molar-refractivity contribution in [2.24, 2.45) is 0 Å². The smallest absolute Gasteiger partial charge is 0.219 e. The predicted molar refractivity (Wildman–Crippen MR) is 60.2 cm³/mol. The molecular formula is C9H14ClNO4S. The van der Waals surface area contributed by atoms with Gasteiger partial charge in [0.15, 0.2) is 9.84 Å². The van der Waals surface area contributed by atoms with Crippen molar-refractivity contribution in [1.82, 2.24) is 4.90 Å². The molecule has 0 radical (unpaired) electrons. The molecule has 1 heterocycles. The van der Waals surface area contributed by atoms with E-state index < -0.39 is 15.9 Å². The van der Waals surface area contributed by atoms with Crippen molar-refractivity contribution in [2.45, 2.75) is 19.4 Å². The third-order valence-corrected chi connectivity index (χ3v) is 4.54. The number of hydrogen-bond donors (Lipinski definition) is 0. The second-order valence-electron chi connectivity index (χ2n) is 3.86. The first-order chi connectivity index (χ1) is 7.35. The summed E-state index contributed by atoms with van der Waals surface area (Å²) in [5.41, 5.74) is 0. The normalized spacial score (nSPS) is 24.1. The SMILES string of the molecule is CC(=O)N1CCS(=O)(=O)CC1CC(=O)CCl. The molecule has 0 aromatic heterocycles. The number of rotatable bonds is 3. The quantitative estimate of drug-likeness (QED) is 0.666. The van der Waals surface area contributed by atoms with Gasteiger partial charge in [-0.15, -0.1) is 11.6 Å². The molecule has 1 fully saturated rings. The molecule has 1 unspecified atom stereocenters. The summed E-state index contributed by atoms with van der Waals surface area (Å²) in [5, 5.41) is 0. The minimum absolute atomic E-state index is 0.0162. The van der Waals surface area contributed by atoms with Crippen molar-refractivity contribution >= 4 is 33.1 Å². The summed E-state index contributed by atoms with van der Waals surface area (Å²) in [4.78, 5) is 23.9. The van der Waals surface area contributed by atoms with Gasteiger partial charge >= 0.3 is 0 Å². The van der Waals surface area contributed by atoms with Crippen LogP contribution in [0.4, 0.5) is 0 Å². The fraction of sp³-hybridized carbons (Fsp3) is 0.778. The zero-order valence-corrected chi connectivity index (χ0v) is 10.6. The summed E-state index contributed by atoms with van der Waals surface area (Å²) in [6.45, 7) is 1.54. The zero-order chi connectivity index (χ0) is 12.3. The monoisotopic (exact) mass is 267 g/mol. The van der Waals surface area contributed by atoms with E-state index in [0.717, 1.165) is 0 Å². The molecule has 0 aromatic carbocycles. The predicted octanol–water partition coefficient (Wildman–Crippen LogP) is -0.170. The molecule has 7 heteroatoms. The number of sulfone groups is 1. The lowest BCUT2D eigenvalue weighted by molar-refractivity contribution is -0.131. The van der Waals surface area contributed by atoms with Crippen molar-refractivity contribution in [3.05, 3.63) is 0 Å². The highest BCUT2D eigenvalue weighted by molar-refractivity contribution is 7.91. The Balaban J connectivity index is 2.80. The molecule has 5 nitrogen and oxygen atoms in total. The molecule has 0 spiro atoms. The van der Waals surface area contributed by atoms with Gasteiger partial charge in [0.1, 0.15) is 5.78 Å². The summed E-state index contributed by atoms with van der Waals surface area (Å²) < 4.78 is 22.8. The molecule has 0 bridgehead atoms. The number of carbonyl (C=O) groups is 2. The molecule has 0 saturated carbocycles. The molecule has 1 amide bonds. The maximum absolute atomic E-state index is 11.4. The fourth-order valence-corrected chi connectivity index (χ4v) is 3.42. The van der Waals surface area contributed by atoms with Crippen LogP contribution in [0.3, 0.4) is 0 Å². The fourth-order valence-electron chi connectivity index (χ4n) is 1.79. The Morgan fingerprint density at radius 2 is 2.06 bits per heavy atom. The lowest BCUT2D eigenvalue weighted by atomic mass is 10.1. The van der Waals surface area contributed by atoms with Gasteiger partial charge in [-0.1, -0.05) is 0 Å². The van der Waals surface area contributed by atoms with Crippen molar-refractivity contribution in [1.29, 1.82) is 0 Å². The van der Waals surface area contributed by atoms with E-state index in [1.165, 1.54) is 11.8 Å². The van der Waals surface area contributed by atoms with Gasteiger partial charge in [0.25, 0.3) is 0 Å². The minimum atomic E-state index is -3.14. The third-order valence-electron chi connectivity index (χ3n) is 2.55. The Kier molecular flexibility index (Phi) is 4.32. The van der Waals surface area contributed by atoms with E-state index in [-0.39, 0.29) is 42.0 Å². The highest BCUT2D eigenvalue weighted by Crippen LogP contribution is 2.15. The maximum Gasteiger partial charge on any atom is 0.219 e. The van der Waals surface area contributed by atoms with Gasteiger partial charge in [-0.25, -0.2) is 8.42 Å². The first kappa shape index (κ1) is 13.4. The lowest BCUT2D eigenvalue weighted by Crippen LogP contribution is -2.51. The molecular weight excluding hydrogens is 254 g/mol. The average molecular weight is 268 g/mol. The number of amides is 1. The summed E-state index contributed by atoms with van der Waals surface area (Å²) in [6, 6.07) is -0.553. The van der Waals surface area contributed by atoms with E-state index in [4.69, 9.17) is 11.6 Å². The summed E-state index contributed by atoms with van der Waals surface area (Å²) in [7, 11) is -3.14. The first-order valence-corrected chi connectivity index (χ1v) is 7.26. The first-order valence-electron chi connectivity index (χ1n) is 4.91. The van der Waals surface area contributed by atoms with Crippen LogP contribution in [0.25, 0.3) is 0 Å². The number of alkyl halides is 1. The van der Waals surface area contributed by atoms with E-state index in [9.17, 15) is 18.0 Å². The van der Waals surface area contributed by atoms with E-state index >= 15 is 0 Å². The van der Waals surface area contributed by atoms with Crippen LogP contribution in [-0.4, -0.2) is 55.0 Å². The van der Waals surface area contributed by atoms with Crippen molar-refractivity contribution in [3.8, 4) is 0 Å². The number of carbonyl (C=O) groups excluding carboxylic acids is 2. The molecule has 1 rings (SSSR count). The molecule has 0 N–H and O–H groups in total. The average Bonchev–Trinajstić information content (AvgIpc) is 2.15. The standard InChI is InChI=1S/C9H14ClNO4S/c1-7(12)11-2-3-16(14,15)6-8(11)4-9(13)5-10/h8H,2-6H2,1H3. The van der Waals surface area contributed by atoms with Gasteiger partial charge in [-0.2, -0.15) is 0 Å². The van der Waals surface area contributed by atoms with Crippen LogP contribution in [0.1, 0.15) is 13.3 Å². The van der Waals surface area contributed by atoms with Gasteiger partial charge < -0.3 is 4.90 Å². The Hall–Kier alpha value is -0.620. The molecule has 1 saturated heterocycles. The highest BCUT2D eigenvalue weighted by Gasteiger charge is 2.33. The summed E-state index contributed by atoms with van der Waals surface area (Å²) >= 11 is 5.37. The van der Waals surface area contributed by atoms with Crippen LogP contribution in [0, 0.1) is 0 Å². The number of Topliss-reactive ketones (excluding diaryl/α,β-unsaturated/α-hetero) is 1. The third kappa shape index (κ3) is 3.45. The van der Waals surface area contributed by atoms with Gasteiger partial charge in [0.05, 0.1) is 23.4 Å². The topological polar surface area (TPSA) is 71.5 Å². The van der Waals surface area contributed by atoms with Crippen LogP contribution in [-0.2, 0) is 19.4 Å². The molecule has 1 aliphatic rings. The van der Waals surface area contributed by atoms with Crippen LogP contribution in [0.5, 0.6) is 0 Å². The Morgan fingerprint density at radius 3 is 2.56 bits per heavy atom. The minimum Gasteiger partial charge on any atom is -0.337 e. The van der Waals surface area contributed by atoms with Crippen molar-refractivity contribution in [2.75, 3.05) is 23.9 Å². The zero-order valence-electron chi connectivity index (χ0n) is 8.98. The van der Waals surface area contributed by atoms with E-state index in [1.807, 2.05) is 0 Å². The molecule has 16 heavy (non-hydrogen) atoms. The highest BCUT2D eigenvalue weighted by atomic mass is 35.5. The van der Waals surface area contributed by atoms with Crippen LogP contribution < -0.4 is 0 Å². The molecule has 0 aliphatic carbocycles. The molecule has 1 atom stereocenters. The van der Waals surface area contributed by atoms with Crippen molar-refractivity contribution in [3.63, 3.8) is 0 Å². The second-order valence-corrected chi connectivity index (χ2v) is 6.35. The van der Waals surface area contributed by atoms with Crippen LogP contribution in [0.15, 0.2) is 0 Å². The van der Waals surface area contributed by atoms with E-state index in [0.29, 0.717) is 0 Å². The van der Waals surface area contributed by atoms with Gasteiger partial charge in [-0.05, 0) is 0 Å². The summed E-state index contributed by atoms with van der Waals surface area (Å²) in [5.74, 6) is -0.771. The second kappa shape index (κ2) is 5.14. The van der Waals surface area contributed by atoms with E-state index in [1.54, 1.807) is 0 Å². The van der Waals surface area contributed by atoms with Crippen LogP contribution >= 0.6 is 11.6 Å². The number of nitrogens with zero attached hydrogens (tertiary/aromatic N) is 1. The molecule has 1 aliphatic heterocycles. The summed E-state index contributed by atoms with van der Waals surface area (Å²) in [6.07, 6.45) is 0.0162. The lowest BCUT2D eigenvalue weighted by Gasteiger charge is -2.34. The van der Waals surface area contributed by atoms with Crippen molar-refractivity contribution < 1.29 is 18.0 Å². The Bertz CT molecular complexity index is 392. The number of ketones is 1. The Labute approximate surface area is 99.7 Å². The van der Waals surface area contributed by atoms with Gasteiger partial charge in [0.2, 0.25) is 5.91 Å². The Morgan fingerprint density at radius 1 is 1.44 bits per heavy atom. The number of halogens is 1.